The van der Waals surface area contributed by atoms with Gasteiger partial charge in [-0.25, -0.2) is 9.97 Å². The summed E-state index contributed by atoms with van der Waals surface area (Å²) < 4.78 is 42.1. The third kappa shape index (κ3) is 4.17. The largest absolute Gasteiger partial charge is 0.469 e. The third-order valence-electron chi connectivity index (χ3n) is 2.04. The fourth-order valence-corrected chi connectivity index (χ4v) is 1.57. The average molecular weight is 280 g/mol. The van der Waals surface area contributed by atoms with Crippen molar-refractivity contribution >= 4 is 17.7 Å². The normalized spacial score (nSPS) is 11.4. The fourth-order valence-electron chi connectivity index (χ4n) is 1.17. The molecule has 1 aromatic heterocycles. The zero-order chi connectivity index (χ0) is 13.8. The summed E-state index contributed by atoms with van der Waals surface area (Å²) in [7, 11) is 1.22. The van der Waals surface area contributed by atoms with Crippen molar-refractivity contribution in [2.24, 2.45) is 0 Å². The number of hydrogen-bond acceptors (Lipinski definition) is 5. The van der Waals surface area contributed by atoms with E-state index in [2.05, 4.69) is 14.7 Å². The lowest BCUT2D eigenvalue weighted by atomic mass is 10.2. The summed E-state index contributed by atoms with van der Waals surface area (Å²) in [6, 6.07) is 0.850. The van der Waals surface area contributed by atoms with E-state index < -0.39 is 17.8 Å². The molecule has 0 spiro atoms. The van der Waals surface area contributed by atoms with Crippen molar-refractivity contribution in [3.63, 3.8) is 0 Å². The molecule has 1 heterocycles. The van der Waals surface area contributed by atoms with Gasteiger partial charge in [0.2, 0.25) is 0 Å². The van der Waals surface area contributed by atoms with Crippen LogP contribution in [0.1, 0.15) is 17.8 Å². The number of thioether (sulfide) groups is 1. The number of nitrogens with zero attached hydrogens (tertiary/aromatic N) is 2. The number of rotatable bonds is 4. The maximum Gasteiger partial charge on any atom is 0.433 e. The van der Waals surface area contributed by atoms with E-state index >= 15 is 0 Å². The maximum atomic E-state index is 12.6. The average Bonchev–Trinajstić information content (AvgIpc) is 2.34. The molecule has 100 valence electrons. The number of hydrogen-bond donors (Lipinski definition) is 0. The Bertz CT molecular complexity index is 438. The summed E-state index contributed by atoms with van der Waals surface area (Å²) in [6.07, 6.45) is -2.86. The Morgan fingerprint density at radius 2 is 2.11 bits per heavy atom. The van der Waals surface area contributed by atoms with Gasteiger partial charge in [-0.3, -0.25) is 4.79 Å². The van der Waals surface area contributed by atoms with Gasteiger partial charge in [-0.2, -0.15) is 13.2 Å². The summed E-state index contributed by atoms with van der Waals surface area (Å²) in [5.74, 6) is -0.493. The summed E-state index contributed by atoms with van der Waals surface area (Å²) in [5.41, 5.74) is -0.825. The maximum absolute atomic E-state index is 12.6. The molecule has 0 aliphatic carbocycles. The number of carbonyl (C=O) groups is 1. The lowest BCUT2D eigenvalue weighted by Gasteiger charge is -2.09. The minimum Gasteiger partial charge on any atom is -0.469 e. The minimum absolute atomic E-state index is 0.0152. The second-order valence-electron chi connectivity index (χ2n) is 3.31. The highest BCUT2D eigenvalue weighted by atomic mass is 32.2. The van der Waals surface area contributed by atoms with Crippen molar-refractivity contribution in [1.82, 2.24) is 9.97 Å². The van der Waals surface area contributed by atoms with Crippen LogP contribution in [0.2, 0.25) is 0 Å². The van der Waals surface area contributed by atoms with Crippen LogP contribution in [0.3, 0.4) is 0 Å². The van der Waals surface area contributed by atoms with Gasteiger partial charge >= 0.3 is 12.1 Å². The van der Waals surface area contributed by atoms with Gasteiger partial charge in [-0.1, -0.05) is 11.8 Å². The number of carbonyl (C=O) groups excluding carboxylic acids is 1. The van der Waals surface area contributed by atoms with Gasteiger partial charge in [-0.05, 0) is 12.3 Å². The summed E-state index contributed by atoms with van der Waals surface area (Å²) >= 11 is 1.01. The predicted octanol–water partition coefficient (Wildman–Crippen LogP) is 2.32. The van der Waals surface area contributed by atoms with Crippen LogP contribution >= 0.6 is 11.8 Å². The van der Waals surface area contributed by atoms with Crippen molar-refractivity contribution in [2.45, 2.75) is 24.2 Å². The Morgan fingerprint density at radius 1 is 1.44 bits per heavy atom. The monoisotopic (exact) mass is 280 g/mol. The Morgan fingerprint density at radius 3 is 2.61 bits per heavy atom. The first-order valence-electron chi connectivity index (χ1n) is 4.92. The Balaban J connectivity index is 2.94. The van der Waals surface area contributed by atoms with Crippen molar-refractivity contribution < 1.29 is 22.7 Å². The molecule has 0 fully saturated rings. The predicted molar refractivity (Wildman–Crippen MR) is 59.2 cm³/mol. The smallest absolute Gasteiger partial charge is 0.433 e. The molecule has 18 heavy (non-hydrogen) atoms. The first-order valence-corrected chi connectivity index (χ1v) is 6.15. The van der Waals surface area contributed by atoms with Crippen molar-refractivity contribution in [3.8, 4) is 0 Å². The van der Waals surface area contributed by atoms with E-state index in [0.717, 1.165) is 17.8 Å². The van der Waals surface area contributed by atoms with Crippen LogP contribution in [-0.4, -0.2) is 29.3 Å². The standard InChI is InChI=1S/C10H11F3N2O2S/c1-17-8(16)4-3-6-5-7(10(11,12)13)15-9(14-6)18-2/h5H,3-4H2,1-2H3. The van der Waals surface area contributed by atoms with Crippen molar-refractivity contribution in [3.05, 3.63) is 17.5 Å². The molecule has 1 aromatic rings. The number of aryl methyl sites for hydroxylation is 1. The lowest BCUT2D eigenvalue weighted by molar-refractivity contribution is -0.141. The molecule has 0 radical (unpaired) electrons. The summed E-state index contributed by atoms with van der Waals surface area (Å²) in [5, 5.41) is 0.0321. The topological polar surface area (TPSA) is 52.1 Å². The molecular weight excluding hydrogens is 269 g/mol. The molecule has 0 atom stereocenters. The molecule has 8 heteroatoms. The number of methoxy groups -OCH3 is 1. The van der Waals surface area contributed by atoms with Crippen LogP contribution in [0.4, 0.5) is 13.2 Å². The molecule has 1 rings (SSSR count). The fraction of sp³-hybridized carbons (Fsp3) is 0.500. The number of halogens is 3. The Labute approximate surface area is 106 Å². The zero-order valence-electron chi connectivity index (χ0n) is 9.74. The first kappa shape index (κ1) is 14.7. The number of esters is 1. The lowest BCUT2D eigenvalue weighted by Crippen LogP contribution is -2.12. The van der Waals surface area contributed by atoms with Gasteiger partial charge < -0.3 is 4.74 Å². The molecule has 4 nitrogen and oxygen atoms in total. The Kier molecular flexibility index (Phi) is 4.94. The molecule has 0 N–H and O–H groups in total. The van der Waals surface area contributed by atoms with Gasteiger partial charge in [-0.15, -0.1) is 0 Å². The molecule has 0 saturated carbocycles. The SMILES string of the molecule is COC(=O)CCc1cc(C(F)(F)F)nc(SC)n1. The summed E-state index contributed by atoms with van der Waals surface area (Å²) in [4.78, 5) is 18.2. The molecule has 0 amide bonds. The Hall–Kier alpha value is -1.31. The van der Waals surface area contributed by atoms with E-state index in [1.54, 1.807) is 6.26 Å². The quantitative estimate of drug-likeness (QED) is 0.481. The van der Waals surface area contributed by atoms with Gasteiger partial charge in [0.1, 0.15) is 5.69 Å². The molecule has 0 saturated heterocycles. The van der Waals surface area contributed by atoms with Gasteiger partial charge in [0, 0.05) is 12.1 Å². The van der Waals surface area contributed by atoms with Crippen LogP contribution in [0.25, 0.3) is 0 Å². The van der Waals surface area contributed by atoms with Crippen molar-refractivity contribution in [2.75, 3.05) is 13.4 Å². The van der Waals surface area contributed by atoms with Crippen LogP contribution in [0.15, 0.2) is 11.2 Å². The van der Waals surface area contributed by atoms with Gasteiger partial charge in [0.05, 0.1) is 13.5 Å². The second-order valence-corrected chi connectivity index (χ2v) is 4.08. The van der Waals surface area contributed by atoms with Crippen molar-refractivity contribution in [1.29, 1.82) is 0 Å². The molecule has 0 unspecified atom stereocenters. The zero-order valence-corrected chi connectivity index (χ0v) is 10.6. The summed E-state index contributed by atoms with van der Waals surface area (Å²) in [6.45, 7) is 0. The highest BCUT2D eigenvalue weighted by Gasteiger charge is 2.33. The number of ether oxygens (including phenoxy) is 1. The van der Waals surface area contributed by atoms with E-state index in [-0.39, 0.29) is 23.7 Å². The highest BCUT2D eigenvalue weighted by molar-refractivity contribution is 7.98. The van der Waals surface area contributed by atoms with E-state index in [0.29, 0.717) is 0 Å². The molecular formula is C10H11F3N2O2S. The molecule has 0 aliphatic heterocycles. The highest BCUT2D eigenvalue weighted by Crippen LogP contribution is 2.29. The van der Waals surface area contributed by atoms with Gasteiger partial charge in [0.25, 0.3) is 0 Å². The second kappa shape index (κ2) is 6.03. The number of alkyl halides is 3. The molecule has 0 aromatic carbocycles. The van der Waals surface area contributed by atoms with E-state index in [1.165, 1.54) is 7.11 Å². The van der Waals surface area contributed by atoms with E-state index in [9.17, 15) is 18.0 Å². The van der Waals surface area contributed by atoms with E-state index in [1.807, 2.05) is 0 Å². The molecule has 0 bridgehead atoms. The van der Waals surface area contributed by atoms with Gasteiger partial charge in [0.15, 0.2) is 5.16 Å². The number of aromatic nitrogens is 2. The van der Waals surface area contributed by atoms with Crippen LogP contribution < -0.4 is 0 Å². The minimum atomic E-state index is -4.52. The first-order chi connectivity index (χ1) is 8.36. The molecule has 0 aliphatic rings. The third-order valence-corrected chi connectivity index (χ3v) is 2.59. The van der Waals surface area contributed by atoms with Crippen LogP contribution in [-0.2, 0) is 22.1 Å². The van der Waals surface area contributed by atoms with E-state index in [4.69, 9.17) is 0 Å². The van der Waals surface area contributed by atoms with Crippen LogP contribution in [0.5, 0.6) is 0 Å². The van der Waals surface area contributed by atoms with Crippen LogP contribution in [0, 0.1) is 0 Å².